The van der Waals surface area contributed by atoms with Crippen molar-refractivity contribution in [1.29, 1.82) is 0 Å². The van der Waals surface area contributed by atoms with Crippen LogP contribution in [0, 0.1) is 33.5 Å². The molecule has 3 rings (SSSR count). The van der Waals surface area contributed by atoms with Crippen LogP contribution in [-0.2, 0) is 11.3 Å². The standard InChI is InChI=1S/C22H23FN4O2/c1-13-5-7-18(10-14(13)2)25-22-24-16(4)11-21(29)27(22)12-20(28)26-19-8-6-17(23)9-15(19)3/h5-11H,12H2,1-4H3,(H,24,25)(H,26,28). The highest BCUT2D eigenvalue weighted by molar-refractivity contribution is 5.91. The highest BCUT2D eigenvalue weighted by Gasteiger charge is 2.13. The number of nitrogens with one attached hydrogen (secondary N) is 2. The highest BCUT2D eigenvalue weighted by atomic mass is 19.1. The van der Waals surface area contributed by atoms with Crippen molar-refractivity contribution in [3.8, 4) is 0 Å². The summed E-state index contributed by atoms with van der Waals surface area (Å²) in [5.41, 5.74) is 4.32. The van der Waals surface area contributed by atoms with Gasteiger partial charge in [0.15, 0.2) is 0 Å². The van der Waals surface area contributed by atoms with Crippen LogP contribution in [0.15, 0.2) is 47.3 Å². The molecule has 0 radical (unpaired) electrons. The fourth-order valence-corrected chi connectivity index (χ4v) is 2.92. The van der Waals surface area contributed by atoms with Crippen molar-refractivity contribution in [1.82, 2.24) is 9.55 Å². The third-order valence-electron chi connectivity index (χ3n) is 4.66. The Kier molecular flexibility index (Phi) is 5.77. The van der Waals surface area contributed by atoms with E-state index in [0.29, 0.717) is 16.9 Å². The Hall–Kier alpha value is -3.48. The van der Waals surface area contributed by atoms with Crippen LogP contribution in [0.1, 0.15) is 22.4 Å². The quantitative estimate of drug-likeness (QED) is 0.686. The Morgan fingerprint density at radius 2 is 1.76 bits per heavy atom. The predicted octanol–water partition coefficient (Wildman–Crippen LogP) is 4.00. The Morgan fingerprint density at radius 1 is 1.00 bits per heavy atom. The van der Waals surface area contributed by atoms with Crippen LogP contribution in [0.5, 0.6) is 0 Å². The van der Waals surface area contributed by atoms with Crippen LogP contribution in [0.2, 0.25) is 0 Å². The molecule has 6 nitrogen and oxygen atoms in total. The van der Waals surface area contributed by atoms with Crippen molar-refractivity contribution >= 4 is 23.2 Å². The molecule has 0 aliphatic carbocycles. The largest absolute Gasteiger partial charge is 0.326 e. The van der Waals surface area contributed by atoms with Gasteiger partial charge in [-0.05, 0) is 74.7 Å². The summed E-state index contributed by atoms with van der Waals surface area (Å²) in [5.74, 6) is -0.501. The Labute approximate surface area is 168 Å². The van der Waals surface area contributed by atoms with Crippen LogP contribution in [0.25, 0.3) is 0 Å². The molecule has 2 N–H and O–H groups in total. The number of anilines is 3. The van der Waals surface area contributed by atoms with Gasteiger partial charge in [0.1, 0.15) is 12.4 Å². The number of aryl methyl sites for hydroxylation is 4. The molecule has 0 atom stereocenters. The van der Waals surface area contributed by atoms with E-state index in [4.69, 9.17) is 0 Å². The molecule has 3 aromatic rings. The second-order valence-corrected chi connectivity index (χ2v) is 7.08. The zero-order chi connectivity index (χ0) is 21.1. The van der Waals surface area contributed by atoms with Gasteiger partial charge < -0.3 is 10.6 Å². The summed E-state index contributed by atoms with van der Waals surface area (Å²) in [6, 6.07) is 11.3. The molecule has 1 heterocycles. The number of carbonyl (C=O) groups excluding carboxylic acids is 1. The van der Waals surface area contributed by atoms with Crippen LogP contribution in [0.4, 0.5) is 21.7 Å². The number of benzene rings is 2. The SMILES string of the molecule is Cc1cc(=O)n(CC(=O)Nc2ccc(F)cc2C)c(Nc2ccc(C)c(C)c2)n1. The molecule has 1 aromatic heterocycles. The summed E-state index contributed by atoms with van der Waals surface area (Å²) >= 11 is 0. The lowest BCUT2D eigenvalue weighted by atomic mass is 10.1. The van der Waals surface area contributed by atoms with Crippen molar-refractivity contribution in [2.45, 2.75) is 34.2 Å². The van der Waals surface area contributed by atoms with E-state index in [9.17, 15) is 14.0 Å². The van der Waals surface area contributed by atoms with Crippen molar-refractivity contribution in [2.75, 3.05) is 10.6 Å². The zero-order valence-corrected chi connectivity index (χ0v) is 16.8. The molecule has 29 heavy (non-hydrogen) atoms. The lowest BCUT2D eigenvalue weighted by Gasteiger charge is -2.15. The van der Waals surface area contributed by atoms with Gasteiger partial charge >= 0.3 is 0 Å². The maximum atomic E-state index is 13.3. The molecule has 0 unspecified atom stereocenters. The first-order valence-corrected chi connectivity index (χ1v) is 9.21. The molecule has 0 saturated carbocycles. The summed E-state index contributed by atoms with van der Waals surface area (Å²) in [6.07, 6.45) is 0. The van der Waals surface area contributed by atoms with E-state index in [0.717, 1.165) is 16.8 Å². The third-order valence-corrected chi connectivity index (χ3v) is 4.66. The normalized spacial score (nSPS) is 10.7. The fourth-order valence-electron chi connectivity index (χ4n) is 2.92. The monoisotopic (exact) mass is 394 g/mol. The van der Waals surface area contributed by atoms with Gasteiger partial charge in [0.05, 0.1) is 0 Å². The Bertz CT molecular complexity index is 1140. The summed E-state index contributed by atoms with van der Waals surface area (Å²) in [7, 11) is 0. The minimum atomic E-state index is -0.407. The number of rotatable bonds is 5. The average molecular weight is 394 g/mol. The molecule has 150 valence electrons. The first kappa shape index (κ1) is 20.3. The van der Waals surface area contributed by atoms with Crippen LogP contribution in [0.3, 0.4) is 0 Å². The number of amides is 1. The van der Waals surface area contributed by atoms with Gasteiger partial charge in [0, 0.05) is 23.1 Å². The van der Waals surface area contributed by atoms with Gasteiger partial charge in [-0.25, -0.2) is 9.37 Å². The van der Waals surface area contributed by atoms with Crippen molar-refractivity contribution in [3.05, 3.63) is 81.0 Å². The predicted molar refractivity (Wildman–Crippen MR) is 112 cm³/mol. The van der Waals surface area contributed by atoms with Crippen LogP contribution in [-0.4, -0.2) is 15.5 Å². The van der Waals surface area contributed by atoms with E-state index in [1.165, 1.54) is 28.8 Å². The smallest absolute Gasteiger partial charge is 0.255 e. The summed E-state index contributed by atoms with van der Waals surface area (Å²) in [4.78, 5) is 29.5. The van der Waals surface area contributed by atoms with Gasteiger partial charge in [0.2, 0.25) is 11.9 Å². The maximum absolute atomic E-state index is 13.3. The van der Waals surface area contributed by atoms with Crippen molar-refractivity contribution < 1.29 is 9.18 Å². The van der Waals surface area contributed by atoms with Crippen LogP contribution < -0.4 is 16.2 Å². The van der Waals surface area contributed by atoms with Gasteiger partial charge in [0.25, 0.3) is 5.56 Å². The molecule has 2 aromatic carbocycles. The van der Waals surface area contributed by atoms with E-state index >= 15 is 0 Å². The van der Waals surface area contributed by atoms with E-state index < -0.39 is 5.91 Å². The van der Waals surface area contributed by atoms with Crippen LogP contribution >= 0.6 is 0 Å². The first-order valence-electron chi connectivity index (χ1n) is 9.21. The first-order chi connectivity index (χ1) is 13.7. The molecular weight excluding hydrogens is 371 g/mol. The number of hydrogen-bond donors (Lipinski definition) is 2. The number of carbonyl (C=O) groups is 1. The molecular formula is C22H23FN4O2. The minimum Gasteiger partial charge on any atom is -0.326 e. The fraction of sp³-hybridized carbons (Fsp3) is 0.227. The second kappa shape index (κ2) is 8.26. The minimum absolute atomic E-state index is 0.226. The maximum Gasteiger partial charge on any atom is 0.255 e. The lowest BCUT2D eigenvalue weighted by molar-refractivity contribution is -0.116. The van der Waals surface area contributed by atoms with E-state index in [1.54, 1.807) is 13.8 Å². The average Bonchev–Trinajstić information content (AvgIpc) is 2.63. The Morgan fingerprint density at radius 3 is 2.45 bits per heavy atom. The lowest BCUT2D eigenvalue weighted by Crippen LogP contribution is -2.30. The van der Waals surface area contributed by atoms with Gasteiger partial charge in [-0.3, -0.25) is 14.2 Å². The number of aromatic nitrogens is 2. The molecule has 0 saturated heterocycles. The summed E-state index contributed by atoms with van der Waals surface area (Å²) < 4.78 is 14.5. The molecule has 0 bridgehead atoms. The van der Waals surface area contributed by atoms with Crippen molar-refractivity contribution in [3.63, 3.8) is 0 Å². The number of hydrogen-bond acceptors (Lipinski definition) is 4. The molecule has 1 amide bonds. The highest BCUT2D eigenvalue weighted by Crippen LogP contribution is 2.19. The number of halogens is 1. The van der Waals surface area contributed by atoms with Gasteiger partial charge in [-0.1, -0.05) is 6.07 Å². The molecule has 0 fully saturated rings. The third kappa shape index (κ3) is 4.87. The second-order valence-electron chi connectivity index (χ2n) is 7.08. The van der Waals surface area contributed by atoms with Gasteiger partial charge in [-0.2, -0.15) is 0 Å². The molecule has 0 aliphatic rings. The summed E-state index contributed by atoms with van der Waals surface area (Å²) in [5, 5.41) is 5.85. The van der Waals surface area contributed by atoms with Gasteiger partial charge in [-0.15, -0.1) is 0 Å². The molecule has 0 aliphatic heterocycles. The van der Waals surface area contributed by atoms with E-state index in [-0.39, 0.29) is 23.9 Å². The molecule has 0 spiro atoms. The van der Waals surface area contributed by atoms with E-state index in [2.05, 4.69) is 15.6 Å². The topological polar surface area (TPSA) is 76.0 Å². The molecule has 7 heteroatoms. The summed E-state index contributed by atoms with van der Waals surface area (Å²) in [6.45, 7) is 7.21. The van der Waals surface area contributed by atoms with Crippen molar-refractivity contribution in [2.24, 2.45) is 0 Å². The zero-order valence-electron chi connectivity index (χ0n) is 16.8. The number of nitrogens with zero attached hydrogens (tertiary/aromatic N) is 2. The Balaban J connectivity index is 1.87. The van der Waals surface area contributed by atoms with E-state index in [1.807, 2.05) is 32.0 Å².